The fourth-order valence-electron chi connectivity index (χ4n) is 0. The molecule has 0 aliphatic heterocycles. The van der Waals surface area contributed by atoms with Gasteiger partial charge >= 0.3 is 26.8 Å². The summed E-state index contributed by atoms with van der Waals surface area (Å²) in [6, 6.07) is 0. The van der Waals surface area contributed by atoms with Gasteiger partial charge in [0.1, 0.15) is 0 Å². The van der Waals surface area contributed by atoms with E-state index in [4.69, 9.17) is 13.3 Å². The van der Waals surface area contributed by atoms with Crippen molar-refractivity contribution in [1.29, 1.82) is 0 Å². The normalized spacial score (nSPS) is 9.09. The van der Waals surface area contributed by atoms with Gasteiger partial charge in [-0.2, -0.15) is 0 Å². The molecule has 0 saturated heterocycles. The Hall–Kier alpha value is 1.11. The van der Waals surface area contributed by atoms with Crippen molar-refractivity contribution in [2.45, 2.75) is 26.3 Å². The number of halogens is 2. The Kier molecular flexibility index (Phi) is 22.4. The molecule has 0 aromatic heterocycles. The summed E-state index contributed by atoms with van der Waals surface area (Å²) in [7, 11) is 0. The molecule has 4 nitrogen and oxygen atoms in total. The second-order valence-electron chi connectivity index (χ2n) is 2.50. The standard InChI is InChI=1S/C4H11N.Cl2HN.2H2O.Pt/c1-4(2,3)5;1-3-2;;;/h5H2,1-3H3;3H;2*1H2;/q;;;;+2/p-2. The topological polar surface area (TPSA) is 78.5 Å². The molecule has 0 atom stereocenters. The average Bonchev–Trinajstić information content (AvgIpc) is 1.62. The van der Waals surface area contributed by atoms with E-state index in [2.05, 4.69) is 23.6 Å². The zero-order valence-electron chi connectivity index (χ0n) is 6.54. The second-order valence-corrected chi connectivity index (χ2v) is 3.53. The molecule has 0 radical (unpaired) electrons. The van der Waals surface area contributed by atoms with Gasteiger partial charge in [0, 0.05) is 5.54 Å². The molecule has 0 spiro atoms. The molecular formula is C4H14Cl2N2O2Pt. The molecule has 7 heteroatoms. The molecule has 0 aliphatic carbocycles. The molecule has 0 aromatic rings. The number of rotatable bonds is 0. The molecule has 0 unspecified atom stereocenters. The van der Waals surface area contributed by atoms with Crippen molar-refractivity contribution in [3.63, 3.8) is 0 Å². The summed E-state index contributed by atoms with van der Waals surface area (Å²) >= 11 is 7.61. The van der Waals surface area contributed by atoms with Gasteiger partial charge in [0.15, 0.2) is 0 Å². The van der Waals surface area contributed by atoms with E-state index in [1.165, 1.54) is 0 Å². The first-order valence-electron chi connectivity index (χ1n) is 2.45. The quantitative estimate of drug-likeness (QED) is 0.457. The Bertz CT molecular complexity index is 54.5. The third-order valence-corrected chi connectivity index (χ3v) is 0. The second kappa shape index (κ2) is 13.7. The Morgan fingerprint density at radius 1 is 1.27 bits per heavy atom. The molecule has 0 saturated carbocycles. The first kappa shape index (κ1) is 18.0. The van der Waals surface area contributed by atoms with Crippen LogP contribution in [0.5, 0.6) is 0 Å². The molecule has 0 bridgehead atoms. The Morgan fingerprint density at radius 3 is 1.27 bits per heavy atom. The molecule has 0 heterocycles. The minimum atomic E-state index is -1.42. The van der Waals surface area contributed by atoms with Gasteiger partial charge < -0.3 is 5.73 Å². The average molecular weight is 388 g/mol. The third-order valence-electron chi connectivity index (χ3n) is 0. The molecule has 76 valence electrons. The van der Waals surface area contributed by atoms with Crippen LogP contribution in [0.25, 0.3) is 0 Å². The number of hydrogen-bond donors (Lipinski definition) is 4. The zero-order chi connectivity index (χ0) is 9.91. The molecule has 5 N–H and O–H groups in total. The summed E-state index contributed by atoms with van der Waals surface area (Å²) in [6.07, 6.45) is 0. The van der Waals surface area contributed by atoms with Gasteiger partial charge in [-0.1, -0.05) is 0 Å². The third kappa shape index (κ3) is 750. The number of hydrogen-bond acceptors (Lipinski definition) is 4. The van der Waals surface area contributed by atoms with E-state index in [1.807, 2.05) is 20.8 Å². The summed E-state index contributed by atoms with van der Waals surface area (Å²) < 4.78 is 16.2. The minimum absolute atomic E-state index is 0. The van der Waals surface area contributed by atoms with E-state index in [1.54, 1.807) is 4.35 Å². The van der Waals surface area contributed by atoms with Crippen molar-refractivity contribution in [3.8, 4) is 0 Å². The van der Waals surface area contributed by atoms with Gasteiger partial charge in [-0.05, 0) is 44.3 Å². The molecular weight excluding hydrogens is 374 g/mol. The van der Waals surface area contributed by atoms with Gasteiger partial charge in [-0.25, -0.2) is 0 Å². The first-order chi connectivity index (χ1) is 4.83. The summed E-state index contributed by atoms with van der Waals surface area (Å²) in [5, 5.41) is 0. The molecule has 0 fully saturated rings. The van der Waals surface area contributed by atoms with Gasteiger partial charge in [0.05, 0.1) is 0 Å². The molecule has 0 amide bonds. The van der Waals surface area contributed by atoms with E-state index in [-0.39, 0.29) is 5.54 Å². The van der Waals surface area contributed by atoms with Crippen molar-refractivity contribution >= 4 is 23.6 Å². The fraction of sp³-hybridized carbons (Fsp3) is 1.00. The van der Waals surface area contributed by atoms with E-state index in [0.29, 0.717) is 0 Å². The van der Waals surface area contributed by atoms with E-state index in [9.17, 15) is 0 Å². The van der Waals surface area contributed by atoms with Gasteiger partial charge in [-0.15, -0.1) is 4.35 Å². The maximum atomic E-state index is 7.24. The maximum absolute atomic E-state index is 7.24. The molecule has 11 heavy (non-hydrogen) atoms. The van der Waals surface area contributed by atoms with Crippen LogP contribution in [-0.2, 0) is 19.3 Å². The fourth-order valence-corrected chi connectivity index (χ4v) is 0. The van der Waals surface area contributed by atoms with Crippen LogP contribution in [0.15, 0.2) is 0 Å². The van der Waals surface area contributed by atoms with Crippen LogP contribution in [0.3, 0.4) is 0 Å². The van der Waals surface area contributed by atoms with Crippen LogP contribution in [0.1, 0.15) is 20.8 Å². The van der Waals surface area contributed by atoms with Crippen LogP contribution in [0.4, 0.5) is 0 Å². The van der Waals surface area contributed by atoms with E-state index >= 15 is 0 Å². The number of nitrogens with two attached hydrogens (primary N) is 1. The van der Waals surface area contributed by atoms with Gasteiger partial charge in [-0.3, -0.25) is 0 Å². The van der Waals surface area contributed by atoms with Crippen molar-refractivity contribution in [1.82, 2.24) is 4.35 Å². The Labute approximate surface area is 86.7 Å². The summed E-state index contributed by atoms with van der Waals surface area (Å²) in [5.74, 6) is 0. The predicted molar refractivity (Wildman–Crippen MR) is 43.2 cm³/mol. The van der Waals surface area contributed by atoms with E-state index < -0.39 is 19.3 Å². The van der Waals surface area contributed by atoms with Crippen LogP contribution in [0, 0.1) is 0 Å². The monoisotopic (exact) mass is 387 g/mol. The molecule has 0 aliphatic rings. The van der Waals surface area contributed by atoms with Crippen LogP contribution >= 0.6 is 23.6 Å². The summed E-state index contributed by atoms with van der Waals surface area (Å²) in [4.78, 5) is 0. The van der Waals surface area contributed by atoms with Gasteiger partial charge in [0.2, 0.25) is 0 Å². The van der Waals surface area contributed by atoms with Gasteiger partial charge in [0.25, 0.3) is 0 Å². The van der Waals surface area contributed by atoms with Crippen LogP contribution in [-0.4, -0.2) is 13.1 Å². The molecule has 0 aromatic carbocycles. The Morgan fingerprint density at radius 2 is 1.27 bits per heavy atom. The predicted octanol–water partition coefficient (Wildman–Crippen LogP) is 0.511. The van der Waals surface area contributed by atoms with Crippen LogP contribution in [0.2, 0.25) is 0 Å². The van der Waals surface area contributed by atoms with E-state index in [0.717, 1.165) is 0 Å². The SMILES string of the molecule is CC(C)(C)N.ClNCl.[OH][Pt][OH]. The summed E-state index contributed by atoms with van der Waals surface area (Å²) in [6.45, 7) is 5.90. The zero-order valence-corrected chi connectivity index (χ0v) is 10.3. The van der Waals surface area contributed by atoms with Crippen molar-refractivity contribution in [3.05, 3.63) is 0 Å². The molecule has 0 rings (SSSR count). The van der Waals surface area contributed by atoms with Crippen molar-refractivity contribution in [2.75, 3.05) is 0 Å². The van der Waals surface area contributed by atoms with Crippen molar-refractivity contribution < 1.29 is 26.8 Å². The number of nitrogens with one attached hydrogen (secondary N) is 1. The first-order valence-corrected chi connectivity index (χ1v) is 5.24. The Balaban J connectivity index is -0.0000000933. The summed E-state index contributed by atoms with van der Waals surface area (Å²) in [5.41, 5.74) is 5.35. The van der Waals surface area contributed by atoms with Crippen molar-refractivity contribution in [2.24, 2.45) is 5.73 Å². The van der Waals surface area contributed by atoms with Crippen LogP contribution < -0.4 is 10.1 Å².